The third-order valence-corrected chi connectivity index (χ3v) is 1.80. The summed E-state index contributed by atoms with van der Waals surface area (Å²) in [5, 5.41) is 8.45. The maximum absolute atomic E-state index is 10.3. The first-order valence-corrected chi connectivity index (χ1v) is 4.64. The van der Waals surface area contributed by atoms with Crippen LogP contribution in [-0.4, -0.2) is 30.3 Å². The SMILES string of the molecule is CCCC(C)COCC(N)C(=O)O. The lowest BCUT2D eigenvalue weighted by Crippen LogP contribution is -2.35. The average molecular weight is 189 g/mol. The van der Waals surface area contributed by atoms with Gasteiger partial charge in [-0.3, -0.25) is 4.79 Å². The van der Waals surface area contributed by atoms with Crippen molar-refractivity contribution in [2.45, 2.75) is 32.7 Å². The number of aliphatic carboxylic acids is 1. The third kappa shape index (κ3) is 6.54. The molecule has 4 nitrogen and oxygen atoms in total. The lowest BCUT2D eigenvalue weighted by molar-refractivity contribution is -0.140. The van der Waals surface area contributed by atoms with Gasteiger partial charge in [-0.15, -0.1) is 0 Å². The van der Waals surface area contributed by atoms with Crippen molar-refractivity contribution in [1.29, 1.82) is 0 Å². The molecule has 0 aromatic heterocycles. The van der Waals surface area contributed by atoms with Crippen LogP contribution >= 0.6 is 0 Å². The standard InChI is InChI=1S/C9H19NO3/c1-3-4-7(2)5-13-6-8(10)9(11)12/h7-8H,3-6,10H2,1-2H3,(H,11,12). The van der Waals surface area contributed by atoms with Gasteiger partial charge in [-0.05, 0) is 12.3 Å². The van der Waals surface area contributed by atoms with E-state index < -0.39 is 12.0 Å². The zero-order valence-electron chi connectivity index (χ0n) is 8.32. The predicted molar refractivity (Wildman–Crippen MR) is 50.5 cm³/mol. The molecule has 4 heteroatoms. The van der Waals surface area contributed by atoms with Crippen molar-refractivity contribution in [2.24, 2.45) is 11.7 Å². The molecule has 0 aliphatic carbocycles. The van der Waals surface area contributed by atoms with E-state index in [4.69, 9.17) is 15.6 Å². The van der Waals surface area contributed by atoms with E-state index in [0.29, 0.717) is 12.5 Å². The number of carboxylic acid groups (broad SMARTS) is 1. The molecule has 0 fully saturated rings. The first-order chi connectivity index (χ1) is 6.07. The quantitative estimate of drug-likeness (QED) is 0.622. The second-order valence-electron chi connectivity index (χ2n) is 3.38. The predicted octanol–water partition coefficient (Wildman–Crippen LogP) is 0.851. The van der Waals surface area contributed by atoms with Gasteiger partial charge in [0.05, 0.1) is 6.61 Å². The first kappa shape index (κ1) is 12.4. The van der Waals surface area contributed by atoms with Crippen LogP contribution in [0.2, 0.25) is 0 Å². The topological polar surface area (TPSA) is 72.5 Å². The van der Waals surface area contributed by atoms with Crippen LogP contribution in [0.5, 0.6) is 0 Å². The minimum atomic E-state index is -1.01. The Kier molecular flexibility index (Phi) is 6.54. The van der Waals surface area contributed by atoms with Gasteiger partial charge < -0.3 is 15.6 Å². The Labute approximate surface area is 79.1 Å². The lowest BCUT2D eigenvalue weighted by Gasteiger charge is -2.12. The molecule has 13 heavy (non-hydrogen) atoms. The highest BCUT2D eigenvalue weighted by Crippen LogP contribution is 2.04. The van der Waals surface area contributed by atoms with Crippen molar-refractivity contribution < 1.29 is 14.6 Å². The molecule has 78 valence electrons. The van der Waals surface area contributed by atoms with Gasteiger partial charge in [0, 0.05) is 6.61 Å². The van der Waals surface area contributed by atoms with Gasteiger partial charge in [0.1, 0.15) is 6.04 Å². The number of hydrogen-bond acceptors (Lipinski definition) is 3. The number of carboxylic acids is 1. The summed E-state index contributed by atoms with van der Waals surface area (Å²) in [6, 6.07) is -0.895. The van der Waals surface area contributed by atoms with Crippen LogP contribution in [0.4, 0.5) is 0 Å². The minimum Gasteiger partial charge on any atom is -0.480 e. The minimum absolute atomic E-state index is 0.101. The summed E-state index contributed by atoms with van der Waals surface area (Å²) in [6.07, 6.45) is 2.22. The van der Waals surface area contributed by atoms with Crippen LogP contribution in [0, 0.1) is 5.92 Å². The first-order valence-electron chi connectivity index (χ1n) is 4.64. The maximum Gasteiger partial charge on any atom is 0.322 e. The van der Waals surface area contributed by atoms with E-state index >= 15 is 0 Å². The summed E-state index contributed by atoms with van der Waals surface area (Å²) in [5.74, 6) is -0.533. The van der Waals surface area contributed by atoms with Crippen LogP contribution in [0.3, 0.4) is 0 Å². The van der Waals surface area contributed by atoms with E-state index in [1.165, 1.54) is 0 Å². The molecule has 0 saturated carbocycles. The molecule has 2 atom stereocenters. The van der Waals surface area contributed by atoms with E-state index in [9.17, 15) is 4.79 Å². The Morgan fingerprint density at radius 1 is 1.54 bits per heavy atom. The van der Waals surface area contributed by atoms with Crippen molar-refractivity contribution in [3.63, 3.8) is 0 Å². The fraction of sp³-hybridized carbons (Fsp3) is 0.889. The van der Waals surface area contributed by atoms with Crippen molar-refractivity contribution in [1.82, 2.24) is 0 Å². The fourth-order valence-electron chi connectivity index (χ4n) is 1.04. The number of nitrogens with two attached hydrogens (primary N) is 1. The zero-order valence-corrected chi connectivity index (χ0v) is 8.32. The van der Waals surface area contributed by atoms with Gasteiger partial charge in [0.2, 0.25) is 0 Å². The fourth-order valence-corrected chi connectivity index (χ4v) is 1.04. The monoisotopic (exact) mass is 189 g/mol. The highest BCUT2D eigenvalue weighted by atomic mass is 16.5. The van der Waals surface area contributed by atoms with Crippen LogP contribution in [0.15, 0.2) is 0 Å². The second kappa shape index (κ2) is 6.86. The molecule has 0 radical (unpaired) electrons. The van der Waals surface area contributed by atoms with Gasteiger partial charge in [0.25, 0.3) is 0 Å². The molecule has 3 N–H and O–H groups in total. The van der Waals surface area contributed by atoms with E-state index in [1.54, 1.807) is 0 Å². The van der Waals surface area contributed by atoms with Gasteiger partial charge in [-0.2, -0.15) is 0 Å². The number of rotatable bonds is 7. The van der Waals surface area contributed by atoms with Crippen molar-refractivity contribution in [3.8, 4) is 0 Å². The molecule has 0 heterocycles. The van der Waals surface area contributed by atoms with E-state index in [1.807, 2.05) is 0 Å². The van der Waals surface area contributed by atoms with Crippen LogP contribution in [-0.2, 0) is 9.53 Å². The summed E-state index contributed by atoms with van der Waals surface area (Å²) < 4.78 is 5.17. The molecule has 0 aromatic rings. The van der Waals surface area contributed by atoms with Gasteiger partial charge in [-0.25, -0.2) is 0 Å². The lowest BCUT2D eigenvalue weighted by atomic mass is 10.1. The summed E-state index contributed by atoms with van der Waals surface area (Å²) >= 11 is 0. The molecule has 2 unspecified atom stereocenters. The van der Waals surface area contributed by atoms with Gasteiger partial charge >= 0.3 is 5.97 Å². The molecule has 0 amide bonds. The Morgan fingerprint density at radius 3 is 2.62 bits per heavy atom. The molecule has 0 aliphatic heterocycles. The Bertz CT molecular complexity index is 150. The normalized spacial score (nSPS) is 15.3. The van der Waals surface area contributed by atoms with Gasteiger partial charge in [-0.1, -0.05) is 20.3 Å². The van der Waals surface area contributed by atoms with Crippen LogP contribution in [0.1, 0.15) is 26.7 Å². The summed E-state index contributed by atoms with van der Waals surface area (Å²) in [7, 11) is 0. The zero-order chi connectivity index (χ0) is 10.3. The van der Waals surface area contributed by atoms with Crippen LogP contribution in [0.25, 0.3) is 0 Å². The second-order valence-corrected chi connectivity index (χ2v) is 3.38. The maximum atomic E-state index is 10.3. The van der Waals surface area contributed by atoms with Crippen molar-refractivity contribution in [3.05, 3.63) is 0 Å². The van der Waals surface area contributed by atoms with E-state index in [-0.39, 0.29) is 6.61 Å². The van der Waals surface area contributed by atoms with E-state index in [0.717, 1.165) is 12.8 Å². The molecule has 0 aliphatic rings. The highest BCUT2D eigenvalue weighted by molar-refractivity contribution is 5.73. The Balaban J connectivity index is 3.39. The third-order valence-electron chi connectivity index (χ3n) is 1.80. The molecular weight excluding hydrogens is 170 g/mol. The average Bonchev–Trinajstić information content (AvgIpc) is 2.04. The molecule has 0 saturated heterocycles. The van der Waals surface area contributed by atoms with Crippen molar-refractivity contribution in [2.75, 3.05) is 13.2 Å². The van der Waals surface area contributed by atoms with Crippen LogP contribution < -0.4 is 5.73 Å². The number of hydrogen-bond donors (Lipinski definition) is 2. The van der Waals surface area contributed by atoms with Gasteiger partial charge in [0.15, 0.2) is 0 Å². The highest BCUT2D eigenvalue weighted by Gasteiger charge is 2.11. The van der Waals surface area contributed by atoms with E-state index in [2.05, 4.69) is 13.8 Å². The number of ether oxygens (including phenoxy) is 1. The Hall–Kier alpha value is -0.610. The number of carbonyl (C=O) groups is 1. The smallest absolute Gasteiger partial charge is 0.322 e. The molecular formula is C9H19NO3. The summed E-state index contributed by atoms with van der Waals surface area (Å²) in [6.45, 7) is 4.88. The summed E-state index contributed by atoms with van der Waals surface area (Å²) in [4.78, 5) is 10.3. The molecule has 0 spiro atoms. The Morgan fingerprint density at radius 2 is 2.15 bits per heavy atom. The largest absolute Gasteiger partial charge is 0.480 e. The molecule has 0 rings (SSSR count). The molecule has 0 aromatic carbocycles. The van der Waals surface area contributed by atoms with Crippen molar-refractivity contribution >= 4 is 5.97 Å². The summed E-state index contributed by atoms with van der Waals surface area (Å²) in [5.41, 5.74) is 5.25. The molecule has 0 bridgehead atoms.